The van der Waals surface area contributed by atoms with Crippen molar-refractivity contribution < 1.29 is 0 Å². The minimum absolute atomic E-state index is 1.39. The van der Waals surface area contributed by atoms with Crippen LogP contribution in [0.2, 0.25) is 0 Å². The molecule has 0 N–H and O–H groups in total. The second-order valence-corrected chi connectivity index (χ2v) is 4.70. The lowest BCUT2D eigenvalue weighted by Gasteiger charge is -1.96. The highest BCUT2D eigenvalue weighted by Gasteiger charge is 2.06. The van der Waals surface area contributed by atoms with Gasteiger partial charge in [-0.05, 0) is 47.9 Å². The molecule has 2 rings (SSSR count). The predicted molar refractivity (Wildman–Crippen MR) is 57.1 cm³/mol. The van der Waals surface area contributed by atoms with E-state index < -0.39 is 0 Å². The van der Waals surface area contributed by atoms with Crippen molar-refractivity contribution in [3.05, 3.63) is 34.0 Å². The summed E-state index contributed by atoms with van der Waals surface area (Å²) in [6, 6.07) is 4.36. The predicted octanol–water partition coefficient (Wildman–Crippen LogP) is 4.09. The summed E-state index contributed by atoms with van der Waals surface area (Å²) in [6.45, 7) is 4.34. The van der Waals surface area contributed by atoms with Gasteiger partial charge in [0.15, 0.2) is 0 Å². The molecule has 0 amide bonds. The number of hydrogen-bond donors (Lipinski definition) is 0. The van der Waals surface area contributed by atoms with Gasteiger partial charge >= 0.3 is 0 Å². The van der Waals surface area contributed by atoms with Gasteiger partial charge in [0.2, 0.25) is 0 Å². The standard InChI is InChI=1S/C10H10S2/c1-7-3-5-11-9(7)10-8(2)4-6-12-10/h3-6H,1-2H3. The van der Waals surface area contributed by atoms with Crippen molar-refractivity contribution in [1.29, 1.82) is 0 Å². The maximum Gasteiger partial charge on any atom is 0.0474 e. The van der Waals surface area contributed by atoms with Crippen LogP contribution in [0.15, 0.2) is 22.9 Å². The van der Waals surface area contributed by atoms with Gasteiger partial charge in [-0.2, -0.15) is 0 Å². The Kier molecular flexibility index (Phi) is 2.03. The molecule has 0 aliphatic carbocycles. The van der Waals surface area contributed by atoms with Gasteiger partial charge in [0.1, 0.15) is 0 Å². The summed E-state index contributed by atoms with van der Waals surface area (Å²) < 4.78 is 0. The first-order chi connectivity index (χ1) is 5.79. The Morgan fingerprint density at radius 1 is 0.833 bits per heavy atom. The summed E-state index contributed by atoms with van der Waals surface area (Å²) in [4.78, 5) is 2.87. The molecule has 2 aromatic rings. The van der Waals surface area contributed by atoms with Gasteiger partial charge in [-0.25, -0.2) is 0 Å². The van der Waals surface area contributed by atoms with Crippen LogP contribution < -0.4 is 0 Å². The van der Waals surface area contributed by atoms with Gasteiger partial charge in [-0.1, -0.05) is 0 Å². The first-order valence-corrected chi connectivity index (χ1v) is 5.63. The molecule has 0 saturated carbocycles. The lowest BCUT2D eigenvalue weighted by atomic mass is 10.2. The fraction of sp³-hybridized carbons (Fsp3) is 0.200. The van der Waals surface area contributed by atoms with Crippen LogP contribution in [0.25, 0.3) is 9.75 Å². The molecule has 0 atom stereocenters. The van der Waals surface area contributed by atoms with Crippen LogP contribution >= 0.6 is 22.7 Å². The minimum Gasteiger partial charge on any atom is -0.143 e. The molecule has 0 unspecified atom stereocenters. The van der Waals surface area contributed by atoms with E-state index in [4.69, 9.17) is 0 Å². The van der Waals surface area contributed by atoms with Crippen molar-refractivity contribution in [3.8, 4) is 9.75 Å². The summed E-state index contributed by atoms with van der Waals surface area (Å²) in [5.41, 5.74) is 2.79. The maximum absolute atomic E-state index is 2.18. The Bertz CT molecular complexity index is 344. The molecule has 0 radical (unpaired) electrons. The van der Waals surface area contributed by atoms with Gasteiger partial charge in [-0.15, -0.1) is 22.7 Å². The lowest BCUT2D eigenvalue weighted by molar-refractivity contribution is 1.51. The molecule has 2 heteroatoms. The first-order valence-electron chi connectivity index (χ1n) is 3.87. The molecule has 0 bridgehead atoms. The van der Waals surface area contributed by atoms with Crippen molar-refractivity contribution in [1.82, 2.24) is 0 Å². The van der Waals surface area contributed by atoms with Gasteiger partial charge in [0.05, 0.1) is 0 Å². The Balaban J connectivity index is 2.57. The van der Waals surface area contributed by atoms with Crippen LogP contribution in [0, 0.1) is 13.8 Å². The van der Waals surface area contributed by atoms with E-state index in [0.29, 0.717) is 0 Å². The average Bonchev–Trinajstić information content (AvgIpc) is 2.59. The summed E-state index contributed by atoms with van der Waals surface area (Å²) in [5.74, 6) is 0. The monoisotopic (exact) mass is 194 g/mol. The molecule has 2 heterocycles. The summed E-state index contributed by atoms with van der Waals surface area (Å²) in [7, 11) is 0. The third-order valence-corrected chi connectivity index (χ3v) is 4.13. The molecule has 0 aromatic carbocycles. The topological polar surface area (TPSA) is 0 Å². The molecule has 12 heavy (non-hydrogen) atoms. The molecule has 0 aliphatic rings. The average molecular weight is 194 g/mol. The fourth-order valence-electron chi connectivity index (χ4n) is 1.21. The van der Waals surface area contributed by atoms with Crippen LogP contribution in [0.3, 0.4) is 0 Å². The molecule has 0 fully saturated rings. The van der Waals surface area contributed by atoms with E-state index in [9.17, 15) is 0 Å². The Hall–Kier alpha value is -0.600. The molecular weight excluding hydrogens is 184 g/mol. The zero-order chi connectivity index (χ0) is 8.55. The zero-order valence-electron chi connectivity index (χ0n) is 7.13. The lowest BCUT2D eigenvalue weighted by Crippen LogP contribution is -1.72. The Labute approximate surface area is 80.5 Å². The van der Waals surface area contributed by atoms with Crippen molar-refractivity contribution >= 4 is 22.7 Å². The fourth-order valence-corrected chi connectivity index (χ4v) is 3.36. The second-order valence-electron chi connectivity index (χ2n) is 2.87. The van der Waals surface area contributed by atoms with Crippen LogP contribution in [0.5, 0.6) is 0 Å². The maximum atomic E-state index is 2.18. The third-order valence-electron chi connectivity index (χ3n) is 1.93. The van der Waals surface area contributed by atoms with Crippen molar-refractivity contribution in [2.45, 2.75) is 13.8 Å². The van der Waals surface area contributed by atoms with Gasteiger partial charge in [0.25, 0.3) is 0 Å². The summed E-state index contributed by atoms with van der Waals surface area (Å²) >= 11 is 3.66. The highest BCUT2D eigenvalue weighted by atomic mass is 32.1. The van der Waals surface area contributed by atoms with E-state index in [0.717, 1.165) is 0 Å². The summed E-state index contributed by atoms with van der Waals surface area (Å²) in [6.07, 6.45) is 0. The van der Waals surface area contributed by atoms with Crippen LogP contribution in [0.4, 0.5) is 0 Å². The van der Waals surface area contributed by atoms with Gasteiger partial charge in [0, 0.05) is 9.75 Å². The molecule has 0 saturated heterocycles. The van der Waals surface area contributed by atoms with Crippen molar-refractivity contribution in [3.63, 3.8) is 0 Å². The normalized spacial score (nSPS) is 10.5. The van der Waals surface area contributed by atoms with Crippen LogP contribution in [0.1, 0.15) is 11.1 Å². The highest BCUT2D eigenvalue weighted by molar-refractivity contribution is 7.20. The molecule has 62 valence electrons. The SMILES string of the molecule is Cc1ccsc1-c1sccc1C. The first kappa shape index (κ1) is 8.02. The molecule has 0 aliphatic heterocycles. The van der Waals surface area contributed by atoms with E-state index in [1.54, 1.807) is 0 Å². The van der Waals surface area contributed by atoms with Gasteiger partial charge in [-0.3, -0.25) is 0 Å². The minimum atomic E-state index is 1.39. The van der Waals surface area contributed by atoms with E-state index in [-0.39, 0.29) is 0 Å². The smallest absolute Gasteiger partial charge is 0.0474 e. The van der Waals surface area contributed by atoms with Crippen molar-refractivity contribution in [2.75, 3.05) is 0 Å². The number of aryl methyl sites for hydroxylation is 2. The molecule has 0 nitrogen and oxygen atoms in total. The van der Waals surface area contributed by atoms with Crippen LogP contribution in [-0.4, -0.2) is 0 Å². The zero-order valence-corrected chi connectivity index (χ0v) is 8.76. The van der Waals surface area contributed by atoms with Gasteiger partial charge < -0.3 is 0 Å². The summed E-state index contributed by atoms with van der Waals surface area (Å²) in [5, 5.41) is 4.31. The quantitative estimate of drug-likeness (QED) is 0.641. The number of thiophene rings is 2. The number of hydrogen-bond acceptors (Lipinski definition) is 2. The number of rotatable bonds is 1. The molecule has 0 spiro atoms. The second kappa shape index (κ2) is 3.04. The van der Waals surface area contributed by atoms with E-state index in [2.05, 4.69) is 36.7 Å². The molecule has 2 aromatic heterocycles. The highest BCUT2D eigenvalue weighted by Crippen LogP contribution is 2.35. The third kappa shape index (κ3) is 1.21. The Morgan fingerprint density at radius 2 is 1.25 bits per heavy atom. The van der Waals surface area contributed by atoms with E-state index >= 15 is 0 Å². The van der Waals surface area contributed by atoms with E-state index in [1.165, 1.54) is 20.9 Å². The van der Waals surface area contributed by atoms with Crippen molar-refractivity contribution in [2.24, 2.45) is 0 Å². The Morgan fingerprint density at radius 3 is 1.50 bits per heavy atom. The molecular formula is C10H10S2. The largest absolute Gasteiger partial charge is 0.143 e. The van der Waals surface area contributed by atoms with E-state index in [1.807, 2.05) is 22.7 Å². The van der Waals surface area contributed by atoms with Crippen LogP contribution in [-0.2, 0) is 0 Å².